The number of ether oxygens (including phenoxy) is 1. The van der Waals surface area contributed by atoms with E-state index in [1.165, 1.54) is 0 Å². The Kier molecular flexibility index (Phi) is 3.52. The molecule has 1 rings (SSSR count). The van der Waals surface area contributed by atoms with Gasteiger partial charge in [0.05, 0.1) is 6.10 Å². The van der Waals surface area contributed by atoms with Gasteiger partial charge >= 0.3 is 0 Å². The highest BCUT2D eigenvalue weighted by atomic mass is 16.5. The number of carbonyl (C=O) groups excluding carboxylic acids is 1. The van der Waals surface area contributed by atoms with Gasteiger partial charge in [0.25, 0.3) is 0 Å². The van der Waals surface area contributed by atoms with Crippen LogP contribution in [0.2, 0.25) is 0 Å². The molecule has 1 aliphatic carbocycles. The third-order valence-corrected chi connectivity index (χ3v) is 2.10. The summed E-state index contributed by atoms with van der Waals surface area (Å²) >= 11 is 0. The molecule has 1 radical (unpaired) electrons. The molecule has 0 aromatic rings. The molecule has 1 fully saturated rings. The van der Waals surface area contributed by atoms with E-state index < -0.39 is 0 Å². The second kappa shape index (κ2) is 4.46. The molecule has 11 heavy (non-hydrogen) atoms. The van der Waals surface area contributed by atoms with E-state index in [4.69, 9.17) is 10.5 Å². The Morgan fingerprint density at radius 3 is 2.55 bits per heavy atom. The lowest BCUT2D eigenvalue weighted by molar-refractivity contribution is 0.0481. The van der Waals surface area contributed by atoms with Crippen molar-refractivity contribution >= 4 is 6.29 Å². The van der Waals surface area contributed by atoms with Gasteiger partial charge in [-0.1, -0.05) is 0 Å². The molecule has 0 saturated heterocycles. The lowest BCUT2D eigenvalue weighted by atomic mass is 9.94. The van der Waals surface area contributed by atoms with E-state index in [2.05, 4.69) is 0 Å². The zero-order valence-corrected chi connectivity index (χ0v) is 6.58. The van der Waals surface area contributed by atoms with Crippen LogP contribution >= 0.6 is 0 Å². The topological polar surface area (TPSA) is 52.3 Å². The maximum atomic E-state index is 9.84. The summed E-state index contributed by atoms with van der Waals surface area (Å²) in [6, 6.07) is 0.343. The van der Waals surface area contributed by atoms with E-state index in [0.717, 1.165) is 25.7 Å². The van der Waals surface area contributed by atoms with Crippen LogP contribution in [0.5, 0.6) is 0 Å². The first-order valence-corrected chi connectivity index (χ1v) is 4.05. The minimum Gasteiger partial charge on any atom is -0.370 e. The van der Waals surface area contributed by atoms with Crippen molar-refractivity contribution in [2.75, 3.05) is 6.61 Å². The third kappa shape index (κ3) is 2.99. The molecular formula is C8H14NO2. The van der Waals surface area contributed by atoms with Crippen molar-refractivity contribution in [1.29, 1.82) is 0 Å². The highest BCUT2D eigenvalue weighted by molar-refractivity contribution is 5.51. The lowest BCUT2D eigenvalue weighted by Crippen LogP contribution is -2.30. The van der Waals surface area contributed by atoms with E-state index in [1.807, 2.05) is 0 Å². The molecule has 1 aliphatic rings. The number of hydrogen-bond acceptors (Lipinski definition) is 3. The summed E-state index contributed by atoms with van der Waals surface area (Å²) in [4.78, 5) is 9.84. The van der Waals surface area contributed by atoms with Crippen LogP contribution in [0, 0.1) is 0 Å². The fraction of sp³-hybridized carbons (Fsp3) is 0.875. The molecule has 3 nitrogen and oxygen atoms in total. The zero-order valence-electron chi connectivity index (χ0n) is 6.58. The summed E-state index contributed by atoms with van der Waals surface area (Å²) in [5.74, 6) is 0. The van der Waals surface area contributed by atoms with Gasteiger partial charge < -0.3 is 10.5 Å². The van der Waals surface area contributed by atoms with E-state index in [9.17, 15) is 4.79 Å². The van der Waals surface area contributed by atoms with E-state index in [-0.39, 0.29) is 12.7 Å². The quantitative estimate of drug-likeness (QED) is 0.642. The van der Waals surface area contributed by atoms with Crippen molar-refractivity contribution in [2.24, 2.45) is 5.73 Å². The van der Waals surface area contributed by atoms with Crippen molar-refractivity contribution in [2.45, 2.75) is 37.8 Å². The molecule has 0 spiro atoms. The largest absolute Gasteiger partial charge is 0.370 e. The Morgan fingerprint density at radius 2 is 2.00 bits per heavy atom. The average Bonchev–Trinajstić information content (AvgIpc) is 2.04. The predicted octanol–water partition coefficient (Wildman–Crippen LogP) is 0.383. The van der Waals surface area contributed by atoms with Crippen molar-refractivity contribution in [3.8, 4) is 0 Å². The van der Waals surface area contributed by atoms with Crippen LogP contribution in [0.4, 0.5) is 0 Å². The highest BCUT2D eigenvalue weighted by Crippen LogP contribution is 2.19. The minimum atomic E-state index is 0.111. The predicted molar refractivity (Wildman–Crippen MR) is 41.9 cm³/mol. The van der Waals surface area contributed by atoms with Crippen LogP contribution in [-0.2, 0) is 9.53 Å². The van der Waals surface area contributed by atoms with E-state index in [0.29, 0.717) is 6.04 Å². The van der Waals surface area contributed by atoms with Crippen molar-refractivity contribution in [1.82, 2.24) is 0 Å². The second-order valence-corrected chi connectivity index (χ2v) is 2.99. The van der Waals surface area contributed by atoms with Crippen molar-refractivity contribution in [3.63, 3.8) is 0 Å². The minimum absolute atomic E-state index is 0.111. The molecule has 0 aromatic carbocycles. The maximum absolute atomic E-state index is 9.84. The van der Waals surface area contributed by atoms with Gasteiger partial charge in [0.1, 0.15) is 6.61 Å². The van der Waals surface area contributed by atoms with Crippen LogP contribution in [0.15, 0.2) is 0 Å². The Hall–Kier alpha value is -0.410. The fourth-order valence-corrected chi connectivity index (χ4v) is 1.41. The maximum Gasteiger partial charge on any atom is 0.226 e. The van der Waals surface area contributed by atoms with Gasteiger partial charge in [-0.05, 0) is 25.7 Å². The summed E-state index contributed by atoms with van der Waals surface area (Å²) in [5.41, 5.74) is 5.69. The van der Waals surface area contributed by atoms with Crippen LogP contribution in [-0.4, -0.2) is 25.0 Å². The number of rotatable bonds is 3. The van der Waals surface area contributed by atoms with Gasteiger partial charge in [0.15, 0.2) is 0 Å². The monoisotopic (exact) mass is 156 g/mol. The average molecular weight is 156 g/mol. The Morgan fingerprint density at radius 1 is 1.36 bits per heavy atom. The summed E-state index contributed by atoms with van der Waals surface area (Å²) in [7, 11) is 0. The summed E-state index contributed by atoms with van der Waals surface area (Å²) in [6.07, 6.45) is 5.98. The molecule has 0 unspecified atom stereocenters. The molecule has 0 aliphatic heterocycles. The van der Waals surface area contributed by atoms with Crippen molar-refractivity contribution in [3.05, 3.63) is 0 Å². The summed E-state index contributed by atoms with van der Waals surface area (Å²) < 4.78 is 5.20. The zero-order chi connectivity index (χ0) is 8.10. The van der Waals surface area contributed by atoms with Crippen LogP contribution in [0.3, 0.4) is 0 Å². The third-order valence-electron chi connectivity index (χ3n) is 2.10. The Bertz CT molecular complexity index is 119. The molecule has 1 saturated carbocycles. The van der Waals surface area contributed by atoms with Crippen LogP contribution < -0.4 is 5.73 Å². The summed E-state index contributed by atoms with van der Waals surface area (Å²) in [5, 5.41) is 0. The van der Waals surface area contributed by atoms with Crippen molar-refractivity contribution < 1.29 is 9.53 Å². The molecule has 3 heteroatoms. The SMILES string of the molecule is NC1CCC(OC[C]=O)CC1. The molecule has 0 atom stereocenters. The number of nitrogens with two attached hydrogens (primary N) is 1. The van der Waals surface area contributed by atoms with Gasteiger partial charge in [0.2, 0.25) is 6.29 Å². The normalized spacial score (nSPS) is 31.7. The summed E-state index contributed by atoms with van der Waals surface area (Å²) in [6.45, 7) is 0.111. The van der Waals surface area contributed by atoms with Gasteiger partial charge in [-0.25, -0.2) is 0 Å². The first kappa shape index (κ1) is 8.68. The molecule has 2 N–H and O–H groups in total. The van der Waals surface area contributed by atoms with Gasteiger partial charge in [-0.15, -0.1) is 0 Å². The van der Waals surface area contributed by atoms with Crippen LogP contribution in [0.1, 0.15) is 25.7 Å². The van der Waals surface area contributed by atoms with Crippen LogP contribution in [0.25, 0.3) is 0 Å². The highest BCUT2D eigenvalue weighted by Gasteiger charge is 2.18. The smallest absolute Gasteiger partial charge is 0.226 e. The van der Waals surface area contributed by atoms with E-state index in [1.54, 1.807) is 6.29 Å². The Balaban J connectivity index is 2.12. The molecule has 63 valence electrons. The molecule has 0 heterocycles. The first-order valence-electron chi connectivity index (χ1n) is 4.05. The van der Waals surface area contributed by atoms with Gasteiger partial charge in [0, 0.05) is 6.04 Å². The van der Waals surface area contributed by atoms with E-state index >= 15 is 0 Å². The standard InChI is InChI=1S/C8H14NO2/c9-7-1-3-8(4-2-7)11-6-5-10/h7-8H,1-4,6,9H2. The molecule has 0 bridgehead atoms. The second-order valence-electron chi connectivity index (χ2n) is 2.99. The Labute approximate surface area is 66.9 Å². The lowest BCUT2D eigenvalue weighted by Gasteiger charge is -2.25. The van der Waals surface area contributed by atoms with Gasteiger partial charge in [-0.3, -0.25) is 4.79 Å². The molecule has 0 amide bonds. The molecular weight excluding hydrogens is 142 g/mol. The number of hydrogen-bond donors (Lipinski definition) is 1. The fourth-order valence-electron chi connectivity index (χ4n) is 1.41. The first-order chi connectivity index (χ1) is 5.33. The van der Waals surface area contributed by atoms with Gasteiger partial charge in [-0.2, -0.15) is 0 Å². The molecule has 0 aromatic heterocycles.